The third kappa shape index (κ3) is 4.00. The Bertz CT molecular complexity index is 803. The fraction of sp³-hybridized carbons (Fsp3) is 0.526. The van der Waals surface area contributed by atoms with E-state index in [0.29, 0.717) is 35.4 Å². The van der Waals surface area contributed by atoms with Crippen molar-refractivity contribution in [3.63, 3.8) is 0 Å². The molecule has 0 aliphatic carbocycles. The highest BCUT2D eigenvalue weighted by Crippen LogP contribution is 2.28. The first-order valence-corrected chi connectivity index (χ1v) is 9.83. The Balaban J connectivity index is 1.38. The third-order valence-electron chi connectivity index (χ3n) is 5.52. The zero-order valence-corrected chi connectivity index (χ0v) is 15.9. The zero-order chi connectivity index (χ0) is 18.8. The summed E-state index contributed by atoms with van der Waals surface area (Å²) in [6.45, 7) is 2.16. The Labute approximate surface area is 163 Å². The predicted octanol–water partition coefficient (Wildman–Crippen LogP) is 2.28. The van der Waals surface area contributed by atoms with E-state index in [1.807, 2.05) is 23.1 Å². The molecule has 1 amide bonds. The number of para-hydroxylation sites is 1. The van der Waals surface area contributed by atoms with Gasteiger partial charge >= 0.3 is 0 Å². The number of likely N-dealkylation sites (tertiary alicyclic amines) is 1. The van der Waals surface area contributed by atoms with Gasteiger partial charge in [-0.15, -0.1) is 5.10 Å². The van der Waals surface area contributed by atoms with Crippen LogP contribution < -0.4 is 5.73 Å². The molecule has 2 N–H and O–H groups in total. The molecule has 4 rings (SSSR count). The minimum atomic E-state index is -0.0898. The first-order chi connectivity index (χ1) is 13.1. The number of hydrogen-bond donors (Lipinski definition) is 1. The summed E-state index contributed by atoms with van der Waals surface area (Å²) in [6.07, 6.45) is 5.59. The van der Waals surface area contributed by atoms with Crippen LogP contribution in [-0.2, 0) is 4.74 Å². The van der Waals surface area contributed by atoms with Gasteiger partial charge in [-0.3, -0.25) is 4.79 Å². The van der Waals surface area contributed by atoms with Crippen LogP contribution in [-0.4, -0.2) is 57.6 Å². The van der Waals surface area contributed by atoms with Crippen LogP contribution in [0.1, 0.15) is 36.2 Å². The zero-order valence-electron chi connectivity index (χ0n) is 15.1. The summed E-state index contributed by atoms with van der Waals surface area (Å²) in [5.74, 6) is 0.382. The van der Waals surface area contributed by atoms with Crippen molar-refractivity contribution in [1.82, 2.24) is 19.9 Å². The molecule has 2 unspecified atom stereocenters. The number of amides is 1. The lowest BCUT2D eigenvalue weighted by molar-refractivity contribution is -0.0420. The number of carbonyl (C=O) groups excluding carboxylic acids is 1. The smallest absolute Gasteiger partial charge is 0.276 e. The molecule has 1 aromatic heterocycles. The highest BCUT2D eigenvalue weighted by molar-refractivity contribution is 6.32. The lowest BCUT2D eigenvalue weighted by Gasteiger charge is -2.38. The van der Waals surface area contributed by atoms with Gasteiger partial charge in [-0.25, -0.2) is 4.68 Å². The molecule has 2 aliphatic heterocycles. The van der Waals surface area contributed by atoms with Gasteiger partial charge in [0.1, 0.15) is 0 Å². The molecule has 8 heteroatoms. The Hall–Kier alpha value is -1.96. The van der Waals surface area contributed by atoms with Crippen LogP contribution in [0, 0.1) is 5.92 Å². The fourth-order valence-corrected chi connectivity index (χ4v) is 4.16. The van der Waals surface area contributed by atoms with Gasteiger partial charge in [0.05, 0.1) is 23.0 Å². The van der Waals surface area contributed by atoms with E-state index in [1.54, 1.807) is 16.9 Å². The second-order valence-corrected chi connectivity index (χ2v) is 7.73. The van der Waals surface area contributed by atoms with Crippen molar-refractivity contribution in [3.8, 4) is 5.69 Å². The molecule has 144 valence electrons. The van der Waals surface area contributed by atoms with E-state index in [9.17, 15) is 4.79 Å². The summed E-state index contributed by atoms with van der Waals surface area (Å²) in [6, 6.07) is 7.58. The van der Waals surface area contributed by atoms with Crippen molar-refractivity contribution in [2.75, 3.05) is 19.7 Å². The maximum Gasteiger partial charge on any atom is 0.276 e. The van der Waals surface area contributed by atoms with E-state index in [2.05, 4.69) is 10.3 Å². The molecule has 2 fully saturated rings. The molecule has 0 radical (unpaired) electrons. The number of halogens is 1. The van der Waals surface area contributed by atoms with Gasteiger partial charge in [-0.05, 0) is 43.7 Å². The van der Waals surface area contributed by atoms with Crippen LogP contribution in [0.2, 0.25) is 5.02 Å². The van der Waals surface area contributed by atoms with Crippen molar-refractivity contribution in [2.24, 2.45) is 11.7 Å². The molecule has 1 aromatic carbocycles. The lowest BCUT2D eigenvalue weighted by atomic mass is 9.86. The van der Waals surface area contributed by atoms with Crippen molar-refractivity contribution in [3.05, 3.63) is 41.2 Å². The molecule has 2 saturated heterocycles. The SMILES string of the molecule is NC1CCOC(C2CCN(C(=O)c3cn(-c4ccccc4Cl)nn3)CC2)C1. The summed E-state index contributed by atoms with van der Waals surface area (Å²) < 4.78 is 7.45. The summed E-state index contributed by atoms with van der Waals surface area (Å²) in [7, 11) is 0. The molecule has 2 aromatic rings. The van der Waals surface area contributed by atoms with Crippen LogP contribution in [0.15, 0.2) is 30.5 Å². The van der Waals surface area contributed by atoms with Gasteiger partial charge in [-0.1, -0.05) is 28.9 Å². The van der Waals surface area contributed by atoms with Crippen molar-refractivity contribution in [2.45, 2.75) is 37.8 Å². The van der Waals surface area contributed by atoms with Gasteiger partial charge in [0.2, 0.25) is 0 Å². The number of hydrogen-bond acceptors (Lipinski definition) is 5. The molecule has 0 saturated carbocycles. The Morgan fingerprint density at radius 2 is 2.00 bits per heavy atom. The molecule has 27 heavy (non-hydrogen) atoms. The second-order valence-electron chi connectivity index (χ2n) is 7.32. The summed E-state index contributed by atoms with van der Waals surface area (Å²) in [5, 5.41) is 8.67. The number of carbonyl (C=O) groups is 1. The Kier molecular flexibility index (Phi) is 5.43. The molecule has 2 atom stereocenters. The van der Waals surface area contributed by atoms with E-state index in [4.69, 9.17) is 22.1 Å². The maximum absolute atomic E-state index is 12.8. The van der Waals surface area contributed by atoms with E-state index >= 15 is 0 Å². The van der Waals surface area contributed by atoms with E-state index in [-0.39, 0.29) is 18.1 Å². The summed E-state index contributed by atoms with van der Waals surface area (Å²) in [5.41, 5.74) is 7.11. The fourth-order valence-electron chi connectivity index (χ4n) is 3.94. The number of nitrogens with two attached hydrogens (primary N) is 1. The number of piperidine rings is 1. The average Bonchev–Trinajstić information content (AvgIpc) is 3.18. The number of aromatic nitrogens is 3. The van der Waals surface area contributed by atoms with E-state index in [1.165, 1.54) is 0 Å². The number of benzene rings is 1. The highest BCUT2D eigenvalue weighted by atomic mass is 35.5. The van der Waals surface area contributed by atoms with Crippen LogP contribution in [0.25, 0.3) is 5.69 Å². The molecule has 3 heterocycles. The minimum Gasteiger partial charge on any atom is -0.378 e. The molecular weight excluding hydrogens is 366 g/mol. The molecule has 0 spiro atoms. The molecule has 7 nitrogen and oxygen atoms in total. The van der Waals surface area contributed by atoms with Crippen LogP contribution >= 0.6 is 11.6 Å². The Morgan fingerprint density at radius 1 is 1.22 bits per heavy atom. The maximum atomic E-state index is 12.8. The average molecular weight is 390 g/mol. The van der Waals surface area contributed by atoms with E-state index in [0.717, 1.165) is 32.3 Å². The van der Waals surface area contributed by atoms with Gasteiger partial charge in [0.25, 0.3) is 5.91 Å². The number of nitrogens with zero attached hydrogens (tertiary/aromatic N) is 4. The largest absolute Gasteiger partial charge is 0.378 e. The molecular formula is C19H24ClN5O2. The molecule has 0 bridgehead atoms. The quantitative estimate of drug-likeness (QED) is 0.870. The third-order valence-corrected chi connectivity index (χ3v) is 5.84. The van der Waals surface area contributed by atoms with Gasteiger partial charge in [0.15, 0.2) is 5.69 Å². The number of rotatable bonds is 3. The van der Waals surface area contributed by atoms with Crippen LogP contribution in [0.3, 0.4) is 0 Å². The van der Waals surface area contributed by atoms with Crippen molar-refractivity contribution < 1.29 is 9.53 Å². The standard InChI is InChI=1S/C19H24ClN5O2/c20-15-3-1-2-4-17(15)25-12-16(22-23-25)19(26)24-8-5-13(6-9-24)18-11-14(21)7-10-27-18/h1-4,12-14,18H,5-11,21H2. The van der Waals surface area contributed by atoms with Crippen molar-refractivity contribution in [1.29, 1.82) is 0 Å². The topological polar surface area (TPSA) is 86.3 Å². The number of ether oxygens (including phenoxy) is 1. The summed E-state index contributed by atoms with van der Waals surface area (Å²) >= 11 is 6.19. The first kappa shape index (κ1) is 18.4. The molecule has 2 aliphatic rings. The lowest BCUT2D eigenvalue weighted by Crippen LogP contribution is -2.45. The van der Waals surface area contributed by atoms with Crippen LogP contribution in [0.4, 0.5) is 0 Å². The van der Waals surface area contributed by atoms with Gasteiger partial charge < -0.3 is 15.4 Å². The van der Waals surface area contributed by atoms with E-state index < -0.39 is 0 Å². The minimum absolute atomic E-state index is 0.0898. The second kappa shape index (κ2) is 7.96. The van der Waals surface area contributed by atoms with Crippen molar-refractivity contribution >= 4 is 17.5 Å². The first-order valence-electron chi connectivity index (χ1n) is 9.45. The van der Waals surface area contributed by atoms with Gasteiger partial charge in [0, 0.05) is 25.7 Å². The monoisotopic (exact) mass is 389 g/mol. The predicted molar refractivity (Wildman–Crippen MR) is 102 cm³/mol. The summed E-state index contributed by atoms with van der Waals surface area (Å²) in [4.78, 5) is 14.6. The Morgan fingerprint density at radius 3 is 2.74 bits per heavy atom. The van der Waals surface area contributed by atoms with Crippen LogP contribution in [0.5, 0.6) is 0 Å². The highest BCUT2D eigenvalue weighted by Gasteiger charge is 2.32. The normalized spacial score (nSPS) is 24.1. The van der Waals surface area contributed by atoms with Gasteiger partial charge in [-0.2, -0.15) is 0 Å².